The van der Waals surface area contributed by atoms with Crippen LogP contribution in [0.25, 0.3) is 0 Å². The van der Waals surface area contributed by atoms with Crippen molar-refractivity contribution in [2.75, 3.05) is 7.05 Å². The summed E-state index contributed by atoms with van der Waals surface area (Å²) in [5.74, 6) is -0.816. The van der Waals surface area contributed by atoms with Crippen molar-refractivity contribution >= 4 is 12.6 Å². The predicted octanol–water partition coefficient (Wildman–Crippen LogP) is 1.28. The fourth-order valence-corrected chi connectivity index (χ4v) is 2.24. The maximum absolute atomic E-state index is 13.2. The molecule has 2 N–H and O–H groups in total. The zero-order valence-electron chi connectivity index (χ0n) is 11.6. The molecule has 6 heteroatoms. The van der Waals surface area contributed by atoms with Gasteiger partial charge in [0.05, 0.1) is 0 Å². The second kappa shape index (κ2) is 6.80. The van der Waals surface area contributed by atoms with Gasteiger partial charge in [-0.25, -0.2) is 8.78 Å². The Morgan fingerprint density at radius 3 is 2.38 bits per heavy atom. The smallest absolute Gasteiger partial charge is 0.423 e. The van der Waals surface area contributed by atoms with Gasteiger partial charge in [0.15, 0.2) is 0 Å². The molecule has 0 unspecified atom stereocenters. The fourth-order valence-electron chi connectivity index (χ4n) is 2.24. The third kappa shape index (κ3) is 4.36. The lowest BCUT2D eigenvalue weighted by atomic mass is 9.77. The Kier molecular flexibility index (Phi) is 5.06. The number of halogens is 2. The minimum absolute atomic E-state index is 0.140. The van der Waals surface area contributed by atoms with E-state index in [0.29, 0.717) is 18.7 Å². The van der Waals surface area contributed by atoms with E-state index < -0.39 is 12.9 Å². The van der Waals surface area contributed by atoms with Gasteiger partial charge < -0.3 is 10.0 Å². The molecule has 0 aliphatic carbocycles. The highest BCUT2D eigenvalue weighted by atomic mass is 19.1. The highest BCUT2D eigenvalue weighted by Crippen LogP contribution is 2.10. The number of rotatable bonds is 5. The topological polar surface area (TPSA) is 43.7 Å². The van der Waals surface area contributed by atoms with E-state index in [4.69, 9.17) is 0 Å². The van der Waals surface area contributed by atoms with Crippen LogP contribution in [0.1, 0.15) is 11.1 Å². The Hall–Kier alpha value is -1.76. The summed E-state index contributed by atoms with van der Waals surface area (Å²) in [7, 11) is 0.0974. The van der Waals surface area contributed by atoms with Crippen LogP contribution < -0.4 is 5.46 Å². The van der Waals surface area contributed by atoms with Gasteiger partial charge in [-0.2, -0.15) is 0 Å². The molecule has 0 aliphatic rings. The minimum Gasteiger partial charge on any atom is -0.423 e. The Morgan fingerprint density at radius 1 is 1.00 bits per heavy atom. The number of nitrogens with zero attached hydrogens (tertiary/aromatic N) is 1. The fraction of sp³-hybridized carbons (Fsp3) is 0.200. The highest BCUT2D eigenvalue weighted by molar-refractivity contribution is 6.59. The van der Waals surface area contributed by atoms with Crippen molar-refractivity contribution in [1.29, 1.82) is 0 Å². The van der Waals surface area contributed by atoms with Crippen molar-refractivity contribution in [3.05, 3.63) is 65.2 Å². The monoisotopic (exact) mass is 291 g/mol. The van der Waals surface area contributed by atoms with E-state index in [1.807, 2.05) is 18.0 Å². The molecule has 2 aromatic carbocycles. The van der Waals surface area contributed by atoms with Crippen molar-refractivity contribution in [3.63, 3.8) is 0 Å². The molecular weight excluding hydrogens is 275 g/mol. The molecule has 0 heterocycles. The molecule has 0 aliphatic heterocycles. The number of hydrogen-bond donors (Lipinski definition) is 2. The standard InChI is InChI=1S/C15H16BF2NO2/c1-19(9-11-3-2-4-13(17)7-11)10-12-5-6-14(18)8-15(12)16(20)21/h2-8,20-21H,9-10H2,1H3. The summed E-state index contributed by atoms with van der Waals surface area (Å²) in [5, 5.41) is 18.6. The van der Waals surface area contributed by atoms with Crippen LogP contribution in [0.2, 0.25) is 0 Å². The molecule has 0 bridgehead atoms. The van der Waals surface area contributed by atoms with E-state index in [9.17, 15) is 18.8 Å². The summed E-state index contributed by atoms with van der Waals surface area (Å²) in [4.78, 5) is 1.88. The first-order valence-electron chi connectivity index (χ1n) is 6.53. The average Bonchev–Trinajstić information content (AvgIpc) is 2.40. The van der Waals surface area contributed by atoms with Crippen LogP contribution in [0, 0.1) is 11.6 Å². The second-order valence-corrected chi connectivity index (χ2v) is 5.02. The van der Waals surface area contributed by atoms with Crippen LogP contribution in [-0.2, 0) is 13.1 Å². The molecule has 0 spiro atoms. The first-order valence-corrected chi connectivity index (χ1v) is 6.53. The van der Waals surface area contributed by atoms with Gasteiger partial charge in [0, 0.05) is 13.1 Å². The summed E-state index contributed by atoms with van der Waals surface area (Å²) < 4.78 is 26.3. The molecular formula is C15H16BF2NO2. The first-order chi connectivity index (χ1) is 9.95. The van der Waals surface area contributed by atoms with Crippen LogP contribution in [0.4, 0.5) is 8.78 Å². The molecule has 3 nitrogen and oxygen atoms in total. The molecule has 0 saturated carbocycles. The van der Waals surface area contributed by atoms with Crippen molar-refractivity contribution in [2.45, 2.75) is 13.1 Å². The second-order valence-electron chi connectivity index (χ2n) is 5.02. The van der Waals surface area contributed by atoms with Crippen molar-refractivity contribution in [2.24, 2.45) is 0 Å². The summed E-state index contributed by atoms with van der Waals surface area (Å²) in [6, 6.07) is 10.2. The van der Waals surface area contributed by atoms with Gasteiger partial charge in [0.1, 0.15) is 11.6 Å². The molecule has 110 valence electrons. The quantitative estimate of drug-likeness (QED) is 0.816. The Labute approximate surface area is 122 Å². The lowest BCUT2D eigenvalue weighted by Gasteiger charge is -2.19. The van der Waals surface area contributed by atoms with Gasteiger partial charge in [-0.3, -0.25) is 4.90 Å². The molecule has 0 aromatic heterocycles. The largest absolute Gasteiger partial charge is 0.488 e. The SMILES string of the molecule is CN(Cc1cccc(F)c1)Cc1ccc(F)cc1B(O)O. The molecule has 0 radical (unpaired) electrons. The predicted molar refractivity (Wildman–Crippen MR) is 77.8 cm³/mol. The normalized spacial score (nSPS) is 11.0. The lowest BCUT2D eigenvalue weighted by Crippen LogP contribution is -2.35. The Morgan fingerprint density at radius 2 is 1.71 bits per heavy atom. The van der Waals surface area contributed by atoms with Crippen LogP contribution in [-0.4, -0.2) is 29.1 Å². The van der Waals surface area contributed by atoms with Crippen molar-refractivity contribution in [3.8, 4) is 0 Å². The molecule has 2 rings (SSSR count). The average molecular weight is 291 g/mol. The maximum Gasteiger partial charge on any atom is 0.488 e. The number of benzene rings is 2. The zero-order chi connectivity index (χ0) is 15.4. The maximum atomic E-state index is 13.2. The lowest BCUT2D eigenvalue weighted by molar-refractivity contribution is 0.318. The van der Waals surface area contributed by atoms with Crippen LogP contribution in [0.5, 0.6) is 0 Å². The third-order valence-corrected chi connectivity index (χ3v) is 3.17. The van der Waals surface area contributed by atoms with Crippen LogP contribution >= 0.6 is 0 Å². The van der Waals surface area contributed by atoms with Gasteiger partial charge >= 0.3 is 7.12 Å². The Bertz CT molecular complexity index is 622. The van der Waals surface area contributed by atoms with E-state index >= 15 is 0 Å². The van der Waals surface area contributed by atoms with E-state index in [2.05, 4.69) is 0 Å². The van der Waals surface area contributed by atoms with Gasteiger partial charge in [0.2, 0.25) is 0 Å². The molecule has 21 heavy (non-hydrogen) atoms. The molecule has 0 atom stereocenters. The van der Waals surface area contributed by atoms with Crippen LogP contribution in [0.15, 0.2) is 42.5 Å². The summed E-state index contributed by atoms with van der Waals surface area (Å²) in [6.45, 7) is 0.889. The van der Waals surface area contributed by atoms with Crippen LogP contribution in [0.3, 0.4) is 0 Å². The van der Waals surface area contributed by atoms with Gasteiger partial charge in [-0.1, -0.05) is 18.2 Å². The zero-order valence-corrected chi connectivity index (χ0v) is 11.6. The summed E-state index contributed by atoms with van der Waals surface area (Å²) >= 11 is 0. The minimum atomic E-state index is -1.72. The van der Waals surface area contributed by atoms with E-state index in [0.717, 1.165) is 11.6 Å². The molecule has 0 amide bonds. The molecule has 2 aromatic rings. The van der Waals surface area contributed by atoms with E-state index in [1.54, 1.807) is 6.07 Å². The number of hydrogen-bond acceptors (Lipinski definition) is 3. The summed E-state index contributed by atoms with van der Waals surface area (Å²) in [6.07, 6.45) is 0. The van der Waals surface area contributed by atoms with Crippen molar-refractivity contribution in [1.82, 2.24) is 4.90 Å². The van der Waals surface area contributed by atoms with Crippen molar-refractivity contribution < 1.29 is 18.8 Å². The molecule has 0 saturated heterocycles. The Balaban J connectivity index is 2.11. The van der Waals surface area contributed by atoms with E-state index in [1.165, 1.54) is 24.3 Å². The van der Waals surface area contributed by atoms with Gasteiger partial charge in [-0.05, 0) is 47.9 Å². The van der Waals surface area contributed by atoms with Gasteiger partial charge in [-0.15, -0.1) is 0 Å². The third-order valence-electron chi connectivity index (χ3n) is 3.17. The highest BCUT2D eigenvalue weighted by Gasteiger charge is 2.17. The van der Waals surface area contributed by atoms with Gasteiger partial charge in [0.25, 0.3) is 0 Å². The summed E-state index contributed by atoms with van der Waals surface area (Å²) in [5.41, 5.74) is 1.57. The molecule has 0 fully saturated rings. The van der Waals surface area contributed by atoms with E-state index in [-0.39, 0.29) is 11.3 Å². The first kappa shape index (κ1) is 15.6.